The van der Waals surface area contributed by atoms with Gasteiger partial charge in [-0.1, -0.05) is 18.2 Å². The van der Waals surface area contributed by atoms with Crippen LogP contribution in [0, 0.1) is 0 Å². The van der Waals surface area contributed by atoms with E-state index in [9.17, 15) is 9.59 Å². The van der Waals surface area contributed by atoms with Crippen molar-refractivity contribution in [1.82, 2.24) is 0 Å². The van der Waals surface area contributed by atoms with Gasteiger partial charge in [0.25, 0.3) is 5.91 Å². The van der Waals surface area contributed by atoms with E-state index in [0.29, 0.717) is 12.1 Å². The Kier molecular flexibility index (Phi) is 2.14. The van der Waals surface area contributed by atoms with Gasteiger partial charge in [-0.3, -0.25) is 14.6 Å². The van der Waals surface area contributed by atoms with Gasteiger partial charge in [0.2, 0.25) is 0 Å². The van der Waals surface area contributed by atoms with E-state index >= 15 is 0 Å². The summed E-state index contributed by atoms with van der Waals surface area (Å²) in [6.07, 6.45) is 1.60. The van der Waals surface area contributed by atoms with E-state index in [-0.39, 0.29) is 18.2 Å². The molecule has 4 heteroatoms. The number of Topliss-reactive ketones (excluding diaryl/α,β-unsaturated/α-hetero) is 1. The SMILES string of the molecule is O=C1CN(c2ccccc2)C(=O)C1=C1C=NC1. The second-order valence-corrected chi connectivity index (χ2v) is 4.02. The molecule has 84 valence electrons. The largest absolute Gasteiger partial charge is 0.300 e. The monoisotopic (exact) mass is 226 g/mol. The van der Waals surface area contributed by atoms with Crippen LogP contribution in [0.5, 0.6) is 0 Å². The summed E-state index contributed by atoms with van der Waals surface area (Å²) < 4.78 is 0. The Hall–Kier alpha value is -2.23. The van der Waals surface area contributed by atoms with Crippen LogP contribution in [0.25, 0.3) is 0 Å². The molecule has 2 heterocycles. The predicted octanol–water partition coefficient (Wildman–Crippen LogP) is 0.983. The van der Waals surface area contributed by atoms with Gasteiger partial charge < -0.3 is 4.90 Å². The number of hydrogen-bond donors (Lipinski definition) is 0. The molecule has 0 radical (unpaired) electrons. The highest BCUT2D eigenvalue weighted by atomic mass is 16.2. The average Bonchev–Trinajstić information content (AvgIpc) is 2.56. The summed E-state index contributed by atoms with van der Waals surface area (Å²) in [6.45, 7) is 0.616. The lowest BCUT2D eigenvalue weighted by atomic mass is 10.0. The van der Waals surface area contributed by atoms with E-state index < -0.39 is 0 Å². The minimum atomic E-state index is -0.206. The first-order valence-corrected chi connectivity index (χ1v) is 5.40. The van der Waals surface area contributed by atoms with Crippen molar-refractivity contribution in [2.24, 2.45) is 4.99 Å². The lowest BCUT2D eigenvalue weighted by Crippen LogP contribution is -2.25. The Balaban J connectivity index is 1.99. The van der Waals surface area contributed by atoms with Crippen LogP contribution >= 0.6 is 0 Å². The van der Waals surface area contributed by atoms with E-state index in [1.807, 2.05) is 30.3 Å². The van der Waals surface area contributed by atoms with Gasteiger partial charge >= 0.3 is 0 Å². The van der Waals surface area contributed by atoms with E-state index in [0.717, 1.165) is 11.3 Å². The highest BCUT2D eigenvalue weighted by Gasteiger charge is 2.37. The average molecular weight is 226 g/mol. The Morgan fingerprint density at radius 1 is 1.12 bits per heavy atom. The molecule has 0 bridgehead atoms. The van der Waals surface area contributed by atoms with Gasteiger partial charge in [-0.05, 0) is 12.1 Å². The minimum absolute atomic E-state index is 0.111. The summed E-state index contributed by atoms with van der Waals surface area (Å²) in [5.41, 5.74) is 1.83. The number of carbonyl (C=O) groups excluding carboxylic acids is 2. The zero-order chi connectivity index (χ0) is 11.8. The fraction of sp³-hybridized carbons (Fsp3) is 0.154. The third kappa shape index (κ3) is 1.49. The summed E-state index contributed by atoms with van der Waals surface area (Å²) in [5, 5.41) is 0. The van der Waals surface area contributed by atoms with Gasteiger partial charge in [0.15, 0.2) is 5.78 Å². The third-order valence-corrected chi connectivity index (χ3v) is 2.94. The van der Waals surface area contributed by atoms with Crippen molar-refractivity contribution in [1.29, 1.82) is 0 Å². The molecule has 3 rings (SSSR count). The first-order valence-electron chi connectivity index (χ1n) is 5.40. The quantitative estimate of drug-likeness (QED) is 0.529. The molecule has 1 saturated heterocycles. The van der Waals surface area contributed by atoms with Gasteiger partial charge in [0.1, 0.15) is 0 Å². The highest BCUT2D eigenvalue weighted by Crippen LogP contribution is 2.25. The third-order valence-electron chi connectivity index (χ3n) is 2.94. The Morgan fingerprint density at radius 2 is 1.82 bits per heavy atom. The van der Waals surface area contributed by atoms with Crippen molar-refractivity contribution in [3.63, 3.8) is 0 Å². The minimum Gasteiger partial charge on any atom is -0.300 e. The Bertz CT molecular complexity index is 558. The lowest BCUT2D eigenvalue weighted by Gasteiger charge is -2.14. The first-order chi connectivity index (χ1) is 8.27. The lowest BCUT2D eigenvalue weighted by molar-refractivity contribution is -0.116. The van der Waals surface area contributed by atoms with E-state index in [4.69, 9.17) is 0 Å². The van der Waals surface area contributed by atoms with Crippen LogP contribution in [0.1, 0.15) is 0 Å². The van der Waals surface area contributed by atoms with Crippen LogP contribution in [0.3, 0.4) is 0 Å². The number of para-hydroxylation sites is 1. The molecule has 0 aromatic heterocycles. The summed E-state index contributed by atoms with van der Waals surface area (Å²) >= 11 is 0. The van der Waals surface area contributed by atoms with E-state index in [2.05, 4.69) is 4.99 Å². The van der Waals surface area contributed by atoms with Crippen molar-refractivity contribution < 1.29 is 9.59 Å². The van der Waals surface area contributed by atoms with Crippen molar-refractivity contribution in [3.8, 4) is 0 Å². The maximum Gasteiger partial charge on any atom is 0.262 e. The smallest absolute Gasteiger partial charge is 0.262 e. The number of amides is 1. The maximum absolute atomic E-state index is 12.1. The van der Waals surface area contributed by atoms with Crippen LogP contribution in [0.15, 0.2) is 46.5 Å². The van der Waals surface area contributed by atoms with Crippen LogP contribution in [-0.2, 0) is 9.59 Å². The first kappa shape index (κ1) is 9.96. The Morgan fingerprint density at radius 3 is 2.41 bits per heavy atom. The molecule has 0 aliphatic carbocycles. The molecule has 1 aromatic rings. The van der Waals surface area contributed by atoms with E-state index in [1.165, 1.54) is 4.90 Å². The summed E-state index contributed by atoms with van der Waals surface area (Å²) in [5.74, 6) is -0.317. The molecule has 0 unspecified atom stereocenters. The number of rotatable bonds is 1. The summed E-state index contributed by atoms with van der Waals surface area (Å²) in [6, 6.07) is 9.23. The molecule has 0 atom stereocenters. The second-order valence-electron chi connectivity index (χ2n) is 4.02. The van der Waals surface area contributed by atoms with Gasteiger partial charge in [-0.15, -0.1) is 0 Å². The van der Waals surface area contributed by atoms with Crippen molar-refractivity contribution in [3.05, 3.63) is 41.5 Å². The summed E-state index contributed by atoms with van der Waals surface area (Å²) in [7, 11) is 0. The van der Waals surface area contributed by atoms with Crippen molar-refractivity contribution >= 4 is 23.6 Å². The fourth-order valence-corrected chi connectivity index (χ4v) is 2.01. The molecule has 2 aliphatic heterocycles. The highest BCUT2D eigenvalue weighted by molar-refractivity contribution is 6.34. The van der Waals surface area contributed by atoms with Gasteiger partial charge in [0.05, 0.1) is 18.7 Å². The number of aliphatic imine (C=N–C) groups is 1. The molecule has 0 saturated carbocycles. The van der Waals surface area contributed by atoms with Crippen molar-refractivity contribution in [2.75, 3.05) is 18.0 Å². The normalized spacial score (nSPS) is 23.2. The van der Waals surface area contributed by atoms with Crippen LogP contribution in [0.2, 0.25) is 0 Å². The van der Waals surface area contributed by atoms with Crippen LogP contribution in [-0.4, -0.2) is 31.0 Å². The van der Waals surface area contributed by atoms with Crippen LogP contribution in [0.4, 0.5) is 5.69 Å². The zero-order valence-electron chi connectivity index (χ0n) is 9.09. The zero-order valence-corrected chi connectivity index (χ0v) is 9.09. The molecule has 1 fully saturated rings. The second kappa shape index (κ2) is 3.66. The standard InChI is InChI=1S/C13H10N2O2/c16-11-8-15(10-4-2-1-3-5-10)13(17)12(11)9-6-14-7-9/h1-6H,7-8H2. The Labute approximate surface area is 98.3 Å². The van der Waals surface area contributed by atoms with Gasteiger partial charge in [-0.2, -0.15) is 0 Å². The molecule has 4 nitrogen and oxygen atoms in total. The number of anilines is 1. The van der Waals surface area contributed by atoms with Crippen molar-refractivity contribution in [2.45, 2.75) is 0 Å². The topological polar surface area (TPSA) is 49.7 Å². The van der Waals surface area contributed by atoms with Crippen LogP contribution < -0.4 is 4.90 Å². The summed E-state index contributed by atoms with van der Waals surface area (Å²) in [4.78, 5) is 29.4. The van der Waals surface area contributed by atoms with Gasteiger partial charge in [0, 0.05) is 17.5 Å². The molecular weight excluding hydrogens is 216 g/mol. The molecule has 1 amide bonds. The number of carbonyl (C=O) groups is 2. The number of hydrogen-bond acceptors (Lipinski definition) is 3. The fourth-order valence-electron chi connectivity index (χ4n) is 2.01. The van der Waals surface area contributed by atoms with E-state index in [1.54, 1.807) is 6.21 Å². The number of nitrogens with zero attached hydrogens (tertiary/aromatic N) is 2. The molecule has 0 spiro atoms. The molecular formula is C13H10N2O2. The number of ketones is 1. The molecule has 1 aromatic carbocycles. The number of benzene rings is 1. The molecule has 17 heavy (non-hydrogen) atoms. The predicted molar refractivity (Wildman–Crippen MR) is 64.2 cm³/mol. The molecule has 2 aliphatic rings. The van der Waals surface area contributed by atoms with Gasteiger partial charge in [-0.25, -0.2) is 0 Å². The maximum atomic E-state index is 12.1. The molecule has 0 N–H and O–H groups in total.